The summed E-state index contributed by atoms with van der Waals surface area (Å²) in [7, 11) is 1.62. The molecule has 0 saturated carbocycles. The lowest BCUT2D eigenvalue weighted by molar-refractivity contribution is 0.0929. The number of carbonyl (C=O) groups is 1. The average molecular weight is 405 g/mol. The molecular formula is C24H27N3O3. The number of likely N-dealkylation sites (tertiary alicyclic amines) is 1. The van der Waals surface area contributed by atoms with Gasteiger partial charge in [-0.3, -0.25) is 9.69 Å². The first-order valence-corrected chi connectivity index (χ1v) is 10.3. The van der Waals surface area contributed by atoms with E-state index in [1.54, 1.807) is 13.2 Å². The summed E-state index contributed by atoms with van der Waals surface area (Å²) in [6.45, 7) is 4.73. The second-order valence-corrected chi connectivity index (χ2v) is 7.68. The van der Waals surface area contributed by atoms with Crippen LogP contribution in [0.5, 0.6) is 5.75 Å². The van der Waals surface area contributed by atoms with E-state index in [4.69, 9.17) is 9.26 Å². The molecule has 30 heavy (non-hydrogen) atoms. The van der Waals surface area contributed by atoms with Crippen LogP contribution >= 0.6 is 0 Å². The van der Waals surface area contributed by atoms with Crippen LogP contribution in [0.15, 0.2) is 59.1 Å². The smallest absolute Gasteiger partial charge is 0.273 e. The first kappa shape index (κ1) is 20.2. The Morgan fingerprint density at radius 2 is 1.83 bits per heavy atom. The van der Waals surface area contributed by atoms with Gasteiger partial charge in [0.25, 0.3) is 5.91 Å². The van der Waals surface area contributed by atoms with Gasteiger partial charge in [-0.25, -0.2) is 0 Å². The molecule has 0 aliphatic carbocycles. The Kier molecular flexibility index (Phi) is 6.14. The zero-order valence-corrected chi connectivity index (χ0v) is 17.4. The molecule has 3 aromatic rings. The molecule has 2 heterocycles. The number of nitrogens with zero attached hydrogens (tertiary/aromatic N) is 2. The summed E-state index contributed by atoms with van der Waals surface area (Å²) in [5, 5.41) is 7.01. The molecule has 1 N–H and O–H groups in total. The molecule has 6 nitrogen and oxygen atoms in total. The summed E-state index contributed by atoms with van der Waals surface area (Å²) in [6, 6.07) is 17.8. The number of hydrogen-bond acceptors (Lipinski definition) is 5. The standard InChI is InChI=1S/C24H27N3O3/c1-17-5-7-18(8-6-17)22(27-13-3-4-14-27)16-25-24(28)21-15-23(30-26-21)19-9-11-20(29-2)12-10-19/h5-12,15,22H,3-4,13-14,16H2,1-2H3,(H,25,28)/t22-/m1/s1. The van der Waals surface area contributed by atoms with Gasteiger partial charge in [0.15, 0.2) is 11.5 Å². The second-order valence-electron chi connectivity index (χ2n) is 7.68. The number of methoxy groups -OCH3 is 1. The molecule has 1 aromatic heterocycles. The molecule has 1 aliphatic heterocycles. The van der Waals surface area contributed by atoms with Gasteiger partial charge < -0.3 is 14.6 Å². The first-order valence-electron chi connectivity index (χ1n) is 10.3. The molecular weight excluding hydrogens is 378 g/mol. The average Bonchev–Trinajstić information content (AvgIpc) is 3.48. The van der Waals surface area contributed by atoms with Crippen LogP contribution in [0.3, 0.4) is 0 Å². The van der Waals surface area contributed by atoms with Crippen LogP contribution in [-0.4, -0.2) is 42.7 Å². The number of carbonyl (C=O) groups excluding carboxylic acids is 1. The number of aryl methyl sites for hydroxylation is 1. The molecule has 1 atom stereocenters. The maximum absolute atomic E-state index is 12.7. The number of hydrogen-bond donors (Lipinski definition) is 1. The van der Waals surface area contributed by atoms with Gasteiger partial charge in [-0.15, -0.1) is 0 Å². The van der Waals surface area contributed by atoms with Crippen molar-refractivity contribution in [3.8, 4) is 17.1 Å². The van der Waals surface area contributed by atoms with E-state index in [9.17, 15) is 4.79 Å². The van der Waals surface area contributed by atoms with Crippen LogP contribution in [0.1, 0.15) is 40.5 Å². The summed E-state index contributed by atoms with van der Waals surface area (Å²) in [6.07, 6.45) is 2.40. The Morgan fingerprint density at radius 1 is 1.13 bits per heavy atom. The Hall–Kier alpha value is -3.12. The van der Waals surface area contributed by atoms with Crippen molar-refractivity contribution >= 4 is 5.91 Å². The summed E-state index contributed by atoms with van der Waals surface area (Å²) < 4.78 is 10.6. The van der Waals surface area contributed by atoms with Crippen molar-refractivity contribution in [2.24, 2.45) is 0 Å². The van der Waals surface area contributed by atoms with Crippen LogP contribution in [0.2, 0.25) is 0 Å². The fraction of sp³-hybridized carbons (Fsp3) is 0.333. The van der Waals surface area contributed by atoms with Gasteiger partial charge in [-0.1, -0.05) is 35.0 Å². The van der Waals surface area contributed by atoms with Gasteiger partial charge in [0.05, 0.1) is 13.2 Å². The third-order valence-electron chi connectivity index (χ3n) is 5.62. The van der Waals surface area contributed by atoms with Crippen molar-refractivity contribution in [1.82, 2.24) is 15.4 Å². The highest BCUT2D eigenvalue weighted by Gasteiger charge is 2.24. The minimum Gasteiger partial charge on any atom is -0.497 e. The van der Waals surface area contributed by atoms with Crippen LogP contribution in [0.4, 0.5) is 0 Å². The Balaban J connectivity index is 1.44. The van der Waals surface area contributed by atoms with E-state index >= 15 is 0 Å². The molecule has 0 spiro atoms. The molecule has 156 valence electrons. The number of aromatic nitrogens is 1. The van der Waals surface area contributed by atoms with Crippen LogP contribution in [0.25, 0.3) is 11.3 Å². The van der Waals surface area contributed by atoms with Gasteiger partial charge >= 0.3 is 0 Å². The lowest BCUT2D eigenvalue weighted by Crippen LogP contribution is -2.36. The lowest BCUT2D eigenvalue weighted by atomic mass is 10.0. The zero-order valence-electron chi connectivity index (χ0n) is 17.4. The largest absolute Gasteiger partial charge is 0.497 e. The van der Waals surface area contributed by atoms with Gasteiger partial charge in [0.2, 0.25) is 0 Å². The Labute approximate surface area is 176 Å². The molecule has 6 heteroatoms. The minimum absolute atomic E-state index is 0.157. The molecule has 2 aromatic carbocycles. The number of amides is 1. The molecule has 0 bridgehead atoms. The predicted molar refractivity (Wildman–Crippen MR) is 116 cm³/mol. The molecule has 0 radical (unpaired) electrons. The zero-order chi connectivity index (χ0) is 20.9. The normalized spacial score (nSPS) is 15.1. The third kappa shape index (κ3) is 4.54. The van der Waals surface area contributed by atoms with E-state index < -0.39 is 0 Å². The maximum atomic E-state index is 12.7. The first-order chi connectivity index (χ1) is 14.6. The van der Waals surface area contributed by atoms with E-state index in [0.717, 1.165) is 24.4 Å². The van der Waals surface area contributed by atoms with Crippen LogP contribution in [0, 0.1) is 6.92 Å². The van der Waals surface area contributed by atoms with Crippen LogP contribution in [-0.2, 0) is 0 Å². The third-order valence-corrected chi connectivity index (χ3v) is 5.62. The SMILES string of the molecule is COc1ccc(-c2cc(C(=O)NC[C@H](c3ccc(C)cc3)N3CCCC3)no2)cc1. The van der Waals surface area contributed by atoms with Crippen molar-refractivity contribution in [2.75, 3.05) is 26.7 Å². The van der Waals surface area contributed by atoms with E-state index in [1.165, 1.54) is 24.0 Å². The summed E-state index contributed by atoms with van der Waals surface area (Å²) in [5.74, 6) is 1.09. The van der Waals surface area contributed by atoms with Crippen molar-refractivity contribution in [1.29, 1.82) is 0 Å². The number of benzene rings is 2. The fourth-order valence-corrected chi connectivity index (χ4v) is 3.85. The molecule has 1 saturated heterocycles. The fourth-order valence-electron chi connectivity index (χ4n) is 3.85. The quantitative estimate of drug-likeness (QED) is 0.637. The monoisotopic (exact) mass is 405 g/mol. The van der Waals surface area contributed by atoms with Crippen molar-refractivity contribution in [2.45, 2.75) is 25.8 Å². The van der Waals surface area contributed by atoms with Crippen molar-refractivity contribution in [3.05, 3.63) is 71.4 Å². The van der Waals surface area contributed by atoms with E-state index in [0.29, 0.717) is 12.3 Å². The predicted octanol–water partition coefficient (Wildman–Crippen LogP) is 4.23. The number of ether oxygens (including phenoxy) is 1. The van der Waals surface area contributed by atoms with E-state index in [2.05, 4.69) is 46.6 Å². The highest BCUT2D eigenvalue weighted by atomic mass is 16.5. The molecule has 0 unspecified atom stereocenters. The van der Waals surface area contributed by atoms with Gasteiger partial charge in [-0.05, 0) is 62.7 Å². The highest BCUT2D eigenvalue weighted by Crippen LogP contribution is 2.26. The number of nitrogens with one attached hydrogen (secondary N) is 1. The number of rotatable bonds is 7. The van der Waals surface area contributed by atoms with Crippen molar-refractivity contribution < 1.29 is 14.1 Å². The Bertz CT molecular complexity index is 974. The molecule has 4 rings (SSSR count). The van der Waals surface area contributed by atoms with Crippen LogP contribution < -0.4 is 10.1 Å². The summed E-state index contributed by atoms with van der Waals surface area (Å²) in [4.78, 5) is 15.2. The Morgan fingerprint density at radius 3 is 2.50 bits per heavy atom. The lowest BCUT2D eigenvalue weighted by Gasteiger charge is -2.28. The summed E-state index contributed by atoms with van der Waals surface area (Å²) >= 11 is 0. The van der Waals surface area contributed by atoms with E-state index in [-0.39, 0.29) is 17.6 Å². The van der Waals surface area contributed by atoms with E-state index in [1.807, 2.05) is 24.3 Å². The summed E-state index contributed by atoms with van der Waals surface area (Å²) in [5.41, 5.74) is 3.58. The maximum Gasteiger partial charge on any atom is 0.273 e. The minimum atomic E-state index is -0.227. The topological polar surface area (TPSA) is 67.6 Å². The van der Waals surface area contributed by atoms with Crippen molar-refractivity contribution in [3.63, 3.8) is 0 Å². The molecule has 1 amide bonds. The second kappa shape index (κ2) is 9.13. The van der Waals surface area contributed by atoms with Gasteiger partial charge in [-0.2, -0.15) is 0 Å². The van der Waals surface area contributed by atoms with Gasteiger partial charge in [0.1, 0.15) is 5.75 Å². The highest BCUT2D eigenvalue weighted by molar-refractivity contribution is 5.93. The van der Waals surface area contributed by atoms with Gasteiger partial charge in [0, 0.05) is 18.2 Å². The molecule has 1 fully saturated rings. The molecule has 1 aliphatic rings.